The molecular formula is C19H25N3O5. The van der Waals surface area contributed by atoms with E-state index in [1.807, 2.05) is 6.92 Å². The number of aliphatic carboxylic acids is 1. The maximum atomic E-state index is 12.8. The van der Waals surface area contributed by atoms with E-state index in [1.165, 1.54) is 24.8 Å². The van der Waals surface area contributed by atoms with Gasteiger partial charge in [0.2, 0.25) is 11.8 Å². The number of carbonyl (C=O) groups excluding carboxylic acids is 3. The fourth-order valence-electron chi connectivity index (χ4n) is 2.77. The number of carboxylic acids is 1. The fourth-order valence-corrected chi connectivity index (χ4v) is 2.77. The molecule has 0 saturated heterocycles. The van der Waals surface area contributed by atoms with Gasteiger partial charge in [0.25, 0.3) is 5.91 Å². The van der Waals surface area contributed by atoms with Gasteiger partial charge in [-0.3, -0.25) is 14.4 Å². The van der Waals surface area contributed by atoms with E-state index in [0.717, 1.165) is 6.42 Å². The molecule has 1 fully saturated rings. The molecular weight excluding hydrogens is 350 g/mol. The van der Waals surface area contributed by atoms with Gasteiger partial charge in [0.05, 0.1) is 0 Å². The molecule has 8 heteroatoms. The van der Waals surface area contributed by atoms with Crippen LogP contribution in [0.25, 0.3) is 0 Å². The first-order chi connectivity index (χ1) is 12.7. The lowest BCUT2D eigenvalue weighted by molar-refractivity contribution is -0.141. The predicted octanol–water partition coefficient (Wildman–Crippen LogP) is 1.33. The molecule has 1 saturated carbocycles. The molecule has 0 heterocycles. The van der Waals surface area contributed by atoms with Crippen molar-refractivity contribution in [1.82, 2.24) is 10.2 Å². The summed E-state index contributed by atoms with van der Waals surface area (Å²) in [6.07, 6.45) is 0.859. The third-order valence-electron chi connectivity index (χ3n) is 4.64. The van der Waals surface area contributed by atoms with Crippen molar-refractivity contribution < 1.29 is 24.3 Å². The van der Waals surface area contributed by atoms with Crippen LogP contribution in [0.15, 0.2) is 24.3 Å². The van der Waals surface area contributed by atoms with Crippen molar-refractivity contribution >= 4 is 29.4 Å². The van der Waals surface area contributed by atoms with Crippen LogP contribution in [0.1, 0.15) is 37.6 Å². The van der Waals surface area contributed by atoms with Gasteiger partial charge in [-0.25, -0.2) is 4.79 Å². The molecule has 8 nitrogen and oxygen atoms in total. The van der Waals surface area contributed by atoms with Crippen molar-refractivity contribution in [1.29, 1.82) is 0 Å². The average molecular weight is 375 g/mol. The first kappa shape index (κ1) is 20.4. The van der Waals surface area contributed by atoms with Gasteiger partial charge >= 0.3 is 5.97 Å². The van der Waals surface area contributed by atoms with Crippen LogP contribution in [0, 0.1) is 11.8 Å². The number of amides is 3. The number of hydrogen-bond donors (Lipinski definition) is 3. The van der Waals surface area contributed by atoms with E-state index in [4.69, 9.17) is 0 Å². The third kappa shape index (κ3) is 5.54. The lowest BCUT2D eigenvalue weighted by Crippen LogP contribution is -2.46. The second kappa shape index (κ2) is 8.66. The number of benzene rings is 1. The van der Waals surface area contributed by atoms with Crippen LogP contribution in [0.3, 0.4) is 0 Å². The summed E-state index contributed by atoms with van der Waals surface area (Å²) in [6.45, 7) is 4.97. The number of nitrogens with zero attached hydrogens (tertiary/aromatic N) is 1. The molecule has 3 unspecified atom stereocenters. The van der Waals surface area contributed by atoms with Crippen LogP contribution in [-0.2, 0) is 14.4 Å². The van der Waals surface area contributed by atoms with E-state index >= 15 is 0 Å². The Labute approximate surface area is 157 Å². The monoisotopic (exact) mass is 375 g/mol. The number of anilines is 1. The molecule has 0 spiro atoms. The molecule has 1 aromatic rings. The zero-order chi connectivity index (χ0) is 20.1. The molecule has 3 N–H and O–H groups in total. The molecule has 27 heavy (non-hydrogen) atoms. The highest BCUT2D eigenvalue weighted by Gasteiger charge is 2.39. The van der Waals surface area contributed by atoms with Crippen molar-refractivity contribution in [3.8, 4) is 0 Å². The summed E-state index contributed by atoms with van der Waals surface area (Å²) in [6, 6.07) is 5.36. The summed E-state index contributed by atoms with van der Waals surface area (Å²) >= 11 is 0. The summed E-state index contributed by atoms with van der Waals surface area (Å²) in [5.74, 6) is -1.58. The van der Waals surface area contributed by atoms with Gasteiger partial charge in [-0.15, -0.1) is 0 Å². The molecule has 1 aromatic carbocycles. The fraction of sp³-hybridized carbons (Fsp3) is 0.474. The number of carboxylic acid groups (broad SMARTS) is 1. The van der Waals surface area contributed by atoms with Crippen molar-refractivity contribution in [3.05, 3.63) is 29.8 Å². The predicted molar refractivity (Wildman–Crippen MR) is 99.2 cm³/mol. The molecule has 146 valence electrons. The maximum absolute atomic E-state index is 12.8. The van der Waals surface area contributed by atoms with E-state index in [-0.39, 0.29) is 36.4 Å². The molecule has 0 bridgehead atoms. The lowest BCUT2D eigenvalue weighted by atomic mass is 10.1. The Morgan fingerprint density at radius 3 is 2.52 bits per heavy atom. The van der Waals surface area contributed by atoms with Crippen molar-refractivity contribution in [2.75, 3.05) is 18.4 Å². The Morgan fingerprint density at radius 2 is 1.96 bits per heavy atom. The van der Waals surface area contributed by atoms with Crippen molar-refractivity contribution in [3.63, 3.8) is 0 Å². The Bertz CT molecular complexity index is 749. The third-order valence-corrected chi connectivity index (χ3v) is 4.64. The normalized spacial score (nSPS) is 18.9. The van der Waals surface area contributed by atoms with E-state index in [1.54, 1.807) is 18.2 Å². The number of carbonyl (C=O) groups is 4. The topological polar surface area (TPSA) is 116 Å². The first-order valence-corrected chi connectivity index (χ1v) is 8.89. The molecule has 0 aromatic heterocycles. The van der Waals surface area contributed by atoms with E-state index in [2.05, 4.69) is 10.6 Å². The standard InChI is InChI=1S/C19H25N3O5/c1-11-9-16(11)17(24)21-15-6-4-5-14(10-15)18(25)22(12(2)19(26)27)8-7-20-13(3)23/h4-6,10-12,16H,7-9H2,1-3H3,(H,20,23)(H,21,24)(H,26,27). The summed E-state index contributed by atoms with van der Waals surface area (Å²) in [5.41, 5.74) is 0.766. The summed E-state index contributed by atoms with van der Waals surface area (Å²) < 4.78 is 0. The highest BCUT2D eigenvalue weighted by molar-refractivity contribution is 5.99. The van der Waals surface area contributed by atoms with Gasteiger partial charge < -0.3 is 20.6 Å². The van der Waals surface area contributed by atoms with Crippen LogP contribution >= 0.6 is 0 Å². The smallest absolute Gasteiger partial charge is 0.326 e. The van der Waals surface area contributed by atoms with Crippen molar-refractivity contribution in [2.24, 2.45) is 11.8 Å². The molecule has 1 aliphatic rings. The van der Waals surface area contributed by atoms with Gasteiger partial charge in [-0.2, -0.15) is 0 Å². The molecule has 0 radical (unpaired) electrons. The minimum Gasteiger partial charge on any atom is -0.480 e. The Morgan fingerprint density at radius 1 is 1.30 bits per heavy atom. The zero-order valence-corrected chi connectivity index (χ0v) is 15.7. The van der Waals surface area contributed by atoms with Gasteiger partial charge in [0.15, 0.2) is 0 Å². The summed E-state index contributed by atoms with van der Waals surface area (Å²) in [4.78, 5) is 48.5. The van der Waals surface area contributed by atoms with Gasteiger partial charge in [-0.05, 0) is 37.5 Å². The van der Waals surface area contributed by atoms with Gasteiger partial charge in [0.1, 0.15) is 6.04 Å². The minimum absolute atomic E-state index is 0.00513. The van der Waals surface area contributed by atoms with E-state index in [0.29, 0.717) is 11.6 Å². The highest BCUT2D eigenvalue weighted by Crippen LogP contribution is 2.38. The molecule has 0 aliphatic heterocycles. The molecule has 2 rings (SSSR count). The minimum atomic E-state index is -1.14. The van der Waals surface area contributed by atoms with Gasteiger partial charge in [-0.1, -0.05) is 13.0 Å². The SMILES string of the molecule is CC(=O)NCCN(C(=O)c1cccc(NC(=O)C2CC2C)c1)C(C)C(=O)O. The average Bonchev–Trinajstić information content (AvgIpc) is 3.34. The van der Waals surface area contributed by atoms with Gasteiger partial charge in [0, 0.05) is 37.2 Å². The van der Waals surface area contributed by atoms with Crippen LogP contribution in [0.2, 0.25) is 0 Å². The molecule has 3 amide bonds. The number of hydrogen-bond acceptors (Lipinski definition) is 4. The Kier molecular flexibility index (Phi) is 6.55. The Balaban J connectivity index is 2.13. The van der Waals surface area contributed by atoms with Crippen LogP contribution in [0.5, 0.6) is 0 Å². The zero-order valence-electron chi connectivity index (χ0n) is 15.7. The van der Waals surface area contributed by atoms with Crippen LogP contribution in [0.4, 0.5) is 5.69 Å². The second-order valence-corrected chi connectivity index (χ2v) is 6.89. The number of rotatable bonds is 8. The largest absolute Gasteiger partial charge is 0.480 e. The first-order valence-electron chi connectivity index (χ1n) is 8.89. The quantitative estimate of drug-likeness (QED) is 0.634. The lowest BCUT2D eigenvalue weighted by Gasteiger charge is -2.27. The molecule has 3 atom stereocenters. The van der Waals surface area contributed by atoms with Crippen LogP contribution in [-0.4, -0.2) is 52.8 Å². The van der Waals surface area contributed by atoms with E-state index < -0.39 is 17.9 Å². The maximum Gasteiger partial charge on any atom is 0.326 e. The Hall–Kier alpha value is -2.90. The summed E-state index contributed by atoms with van der Waals surface area (Å²) in [5, 5.41) is 14.6. The van der Waals surface area contributed by atoms with Crippen LogP contribution < -0.4 is 10.6 Å². The van der Waals surface area contributed by atoms with E-state index in [9.17, 15) is 24.3 Å². The highest BCUT2D eigenvalue weighted by atomic mass is 16.4. The molecule has 1 aliphatic carbocycles. The van der Waals surface area contributed by atoms with Crippen molar-refractivity contribution in [2.45, 2.75) is 33.2 Å². The summed E-state index contributed by atoms with van der Waals surface area (Å²) in [7, 11) is 0. The number of nitrogens with one attached hydrogen (secondary N) is 2. The second-order valence-electron chi connectivity index (χ2n) is 6.89.